The van der Waals surface area contributed by atoms with Gasteiger partial charge in [-0.15, -0.1) is 24.8 Å². The Morgan fingerprint density at radius 1 is 0.750 bits per heavy atom. The maximum absolute atomic E-state index is 8.70. The van der Waals surface area contributed by atoms with Gasteiger partial charge in [0.05, 0.1) is 0 Å². The summed E-state index contributed by atoms with van der Waals surface area (Å²) in [6.07, 6.45) is 0. The number of halogens is 2. The predicted octanol–water partition coefficient (Wildman–Crippen LogP) is 2.16. The van der Waals surface area contributed by atoms with Gasteiger partial charge in [0.15, 0.2) is 0 Å². The lowest BCUT2D eigenvalue weighted by Gasteiger charge is -1.69. The zero-order chi connectivity index (χ0) is 7.82. The van der Waals surface area contributed by atoms with Crippen molar-refractivity contribution < 1.29 is 14.4 Å². The molecule has 1 aromatic carbocycles. The number of rotatable bonds is 0. The van der Waals surface area contributed by atoms with Gasteiger partial charge in [-0.1, -0.05) is 36.4 Å². The second kappa shape index (κ2) is 13.4. The third-order valence-electron chi connectivity index (χ3n) is 0.667. The monoisotopic (exact) mass is 231 g/mol. The van der Waals surface area contributed by atoms with Crippen molar-refractivity contribution in [2.24, 2.45) is 0 Å². The van der Waals surface area contributed by atoms with Crippen molar-refractivity contribution in [2.45, 2.75) is 0 Å². The van der Waals surface area contributed by atoms with Crippen LogP contribution in [0.4, 0.5) is 0 Å². The molecule has 0 aliphatic rings. The molecule has 2 N–H and O–H groups in total. The zero-order valence-corrected chi connectivity index (χ0v) is 8.56. The molecular weight excluding hydrogens is 222 g/mol. The Balaban J connectivity index is -0.000000124. The normalized spacial score (nSPS) is 6.17. The molecule has 12 heavy (non-hydrogen) atoms. The van der Waals surface area contributed by atoms with E-state index in [2.05, 4.69) is 0 Å². The van der Waals surface area contributed by atoms with Crippen LogP contribution >= 0.6 is 33.1 Å². The standard InChI is InChI=1S/C6H6.2ClH.H2O3P/c1-2-4-6-5-3-1;;;1-4(2)3/h1-6H;2*1H;(H2,1,2,3). The summed E-state index contributed by atoms with van der Waals surface area (Å²) in [6.45, 7) is 0. The summed E-state index contributed by atoms with van der Waals surface area (Å²) in [5.41, 5.74) is 0. The fourth-order valence-corrected chi connectivity index (χ4v) is 0.385. The van der Waals surface area contributed by atoms with E-state index in [9.17, 15) is 0 Å². The third kappa shape index (κ3) is 22.6. The molecule has 0 amide bonds. The van der Waals surface area contributed by atoms with Gasteiger partial charge in [0.25, 0.3) is 0 Å². The molecule has 0 spiro atoms. The number of benzene rings is 1. The Hall–Kier alpha value is -0.180. The van der Waals surface area contributed by atoms with Crippen LogP contribution in [0.3, 0.4) is 0 Å². The molecule has 3 nitrogen and oxygen atoms in total. The second-order valence-corrected chi connectivity index (χ2v) is 1.91. The predicted molar refractivity (Wildman–Crippen MR) is 53.0 cm³/mol. The SMILES string of the molecule is Cl.Cl.O=[P](O)O.c1ccccc1. The fourth-order valence-electron chi connectivity index (χ4n) is 0.385. The topological polar surface area (TPSA) is 57.5 Å². The van der Waals surface area contributed by atoms with Crippen molar-refractivity contribution in [3.63, 3.8) is 0 Å². The summed E-state index contributed by atoms with van der Waals surface area (Å²) >= 11 is 0. The molecule has 0 aliphatic carbocycles. The average Bonchev–Trinajstić information content (AvgIpc) is 1.90. The molecule has 1 rings (SSSR count). The highest BCUT2D eigenvalue weighted by Gasteiger charge is 1.65. The third-order valence-corrected chi connectivity index (χ3v) is 0.667. The minimum absolute atomic E-state index is 0. The van der Waals surface area contributed by atoms with Crippen molar-refractivity contribution >= 4 is 33.1 Å². The highest BCUT2D eigenvalue weighted by atomic mass is 35.5. The molecule has 0 aromatic heterocycles. The first kappa shape index (κ1) is 17.8. The van der Waals surface area contributed by atoms with E-state index in [0.29, 0.717) is 0 Å². The average molecular weight is 232 g/mol. The quantitative estimate of drug-likeness (QED) is 0.673. The molecule has 0 fully saturated rings. The molecule has 1 radical (unpaired) electrons. The van der Waals surface area contributed by atoms with Gasteiger partial charge in [0.2, 0.25) is 0 Å². The van der Waals surface area contributed by atoms with Gasteiger partial charge in [-0.2, -0.15) is 0 Å². The highest BCUT2D eigenvalue weighted by molar-refractivity contribution is 7.30. The van der Waals surface area contributed by atoms with Gasteiger partial charge in [-0.3, -0.25) is 9.79 Å². The fraction of sp³-hybridized carbons (Fsp3) is 0. The molecule has 0 bridgehead atoms. The van der Waals surface area contributed by atoms with Crippen LogP contribution in [0, 0.1) is 0 Å². The van der Waals surface area contributed by atoms with Crippen LogP contribution in [0.1, 0.15) is 0 Å². The lowest BCUT2D eigenvalue weighted by molar-refractivity contribution is 0.405. The van der Waals surface area contributed by atoms with Gasteiger partial charge in [-0.05, 0) is 0 Å². The maximum Gasteiger partial charge on any atom is 0.363 e. The molecule has 0 unspecified atom stereocenters. The van der Waals surface area contributed by atoms with Gasteiger partial charge in [-0.25, -0.2) is 4.57 Å². The van der Waals surface area contributed by atoms with E-state index >= 15 is 0 Å². The molecule has 0 heterocycles. The van der Waals surface area contributed by atoms with Crippen molar-refractivity contribution in [2.75, 3.05) is 0 Å². The van der Waals surface area contributed by atoms with Crippen LogP contribution in [0.2, 0.25) is 0 Å². The summed E-state index contributed by atoms with van der Waals surface area (Å²) in [6, 6.07) is 12.0. The van der Waals surface area contributed by atoms with E-state index in [1.165, 1.54) is 0 Å². The molecule has 0 saturated heterocycles. The Morgan fingerprint density at radius 2 is 0.833 bits per heavy atom. The molecule has 71 valence electrons. The maximum atomic E-state index is 8.70. The summed E-state index contributed by atoms with van der Waals surface area (Å²) < 4.78 is 8.70. The Bertz CT molecular complexity index is 153. The van der Waals surface area contributed by atoms with Crippen molar-refractivity contribution in [1.29, 1.82) is 0 Å². The van der Waals surface area contributed by atoms with E-state index in [0.717, 1.165) is 0 Å². The van der Waals surface area contributed by atoms with Gasteiger partial charge < -0.3 is 0 Å². The number of hydrogen-bond donors (Lipinski definition) is 2. The van der Waals surface area contributed by atoms with Crippen LogP contribution in [-0.2, 0) is 4.57 Å². The van der Waals surface area contributed by atoms with Crippen LogP contribution in [0.5, 0.6) is 0 Å². The Morgan fingerprint density at radius 3 is 0.917 bits per heavy atom. The van der Waals surface area contributed by atoms with Gasteiger partial charge in [0, 0.05) is 0 Å². The summed E-state index contributed by atoms with van der Waals surface area (Å²) in [4.78, 5) is 14.2. The summed E-state index contributed by atoms with van der Waals surface area (Å²) in [5.74, 6) is 0. The smallest absolute Gasteiger partial charge is 0.298 e. The largest absolute Gasteiger partial charge is 0.363 e. The summed E-state index contributed by atoms with van der Waals surface area (Å²) in [5, 5.41) is 0. The first-order valence-corrected chi connectivity index (χ1v) is 3.75. The first-order chi connectivity index (χ1) is 4.73. The van der Waals surface area contributed by atoms with Gasteiger partial charge >= 0.3 is 8.25 Å². The number of hydrogen-bond acceptors (Lipinski definition) is 1. The Kier molecular flexibility index (Phi) is 19.9. The molecule has 0 saturated carbocycles. The van der Waals surface area contributed by atoms with Crippen LogP contribution < -0.4 is 0 Å². The minimum Gasteiger partial charge on any atom is -0.298 e. The van der Waals surface area contributed by atoms with E-state index in [4.69, 9.17) is 14.4 Å². The van der Waals surface area contributed by atoms with E-state index < -0.39 is 8.25 Å². The van der Waals surface area contributed by atoms with E-state index in [-0.39, 0.29) is 24.8 Å². The summed E-state index contributed by atoms with van der Waals surface area (Å²) in [7, 11) is -2.87. The second-order valence-electron chi connectivity index (χ2n) is 1.41. The zero-order valence-electron chi connectivity index (χ0n) is 6.03. The van der Waals surface area contributed by atoms with Crippen LogP contribution in [-0.4, -0.2) is 9.79 Å². The lowest BCUT2D eigenvalue weighted by Crippen LogP contribution is -1.47. The molecule has 1 aromatic rings. The Labute approximate surface area is 84.2 Å². The van der Waals surface area contributed by atoms with Gasteiger partial charge in [0.1, 0.15) is 0 Å². The first-order valence-electron chi connectivity index (χ1n) is 2.58. The van der Waals surface area contributed by atoms with Crippen LogP contribution in [0.15, 0.2) is 36.4 Å². The van der Waals surface area contributed by atoms with E-state index in [1.54, 1.807) is 0 Å². The molecule has 6 heteroatoms. The van der Waals surface area contributed by atoms with Crippen molar-refractivity contribution in [3.05, 3.63) is 36.4 Å². The van der Waals surface area contributed by atoms with Crippen LogP contribution in [0.25, 0.3) is 0 Å². The lowest BCUT2D eigenvalue weighted by atomic mass is 10.4. The molecular formula is C6H10Cl2O3P. The van der Waals surface area contributed by atoms with Crippen molar-refractivity contribution in [3.8, 4) is 0 Å². The molecule has 0 atom stereocenters. The minimum atomic E-state index is -2.87. The highest BCUT2D eigenvalue weighted by Crippen LogP contribution is 1.98. The molecule has 0 aliphatic heterocycles. The van der Waals surface area contributed by atoms with Crippen molar-refractivity contribution in [1.82, 2.24) is 0 Å². The van der Waals surface area contributed by atoms with E-state index in [1.807, 2.05) is 36.4 Å².